The van der Waals surface area contributed by atoms with Gasteiger partial charge in [-0.25, -0.2) is 15.0 Å². The summed E-state index contributed by atoms with van der Waals surface area (Å²) in [5.74, 6) is 1.83. The monoisotopic (exact) mass is 641 g/mol. The van der Waals surface area contributed by atoms with E-state index in [0.717, 1.165) is 44.7 Å². The number of benzene rings is 6. The maximum absolute atomic E-state index is 5.17. The summed E-state index contributed by atoms with van der Waals surface area (Å²) < 4.78 is 2.35. The van der Waals surface area contributed by atoms with Crippen LogP contribution in [0.5, 0.6) is 0 Å². The summed E-state index contributed by atoms with van der Waals surface area (Å²) in [6.45, 7) is 2.17. The highest BCUT2D eigenvalue weighted by Crippen LogP contribution is 2.39. The molecule has 9 aromatic rings. The molecule has 0 aliphatic carbocycles. The van der Waals surface area contributed by atoms with Crippen LogP contribution in [0.2, 0.25) is 0 Å². The van der Waals surface area contributed by atoms with Crippen molar-refractivity contribution in [3.05, 3.63) is 176 Å². The Balaban J connectivity index is 1.34. The van der Waals surface area contributed by atoms with Gasteiger partial charge in [-0.05, 0) is 66.1 Å². The molecule has 0 amide bonds. The number of aryl methyl sites for hydroxylation is 1. The molecule has 0 radical (unpaired) electrons. The second kappa shape index (κ2) is 12.4. The summed E-state index contributed by atoms with van der Waals surface area (Å²) in [6, 6.07) is 56.6. The van der Waals surface area contributed by atoms with Gasteiger partial charge in [0.05, 0.1) is 22.4 Å². The van der Waals surface area contributed by atoms with E-state index >= 15 is 0 Å². The van der Waals surface area contributed by atoms with Crippen LogP contribution in [0.4, 0.5) is 0 Å². The van der Waals surface area contributed by atoms with Crippen molar-refractivity contribution in [1.29, 1.82) is 0 Å². The summed E-state index contributed by atoms with van der Waals surface area (Å²) in [4.78, 5) is 20.0. The van der Waals surface area contributed by atoms with Gasteiger partial charge < -0.3 is 4.57 Å². The first kappa shape index (κ1) is 29.4. The van der Waals surface area contributed by atoms with Gasteiger partial charge >= 0.3 is 0 Å². The fourth-order valence-electron chi connectivity index (χ4n) is 6.83. The smallest absolute Gasteiger partial charge is 0.166 e. The van der Waals surface area contributed by atoms with E-state index in [1.54, 1.807) is 0 Å². The topological polar surface area (TPSA) is 56.5 Å². The number of nitrogens with zero attached hydrogens (tertiary/aromatic N) is 5. The van der Waals surface area contributed by atoms with Crippen LogP contribution in [0.25, 0.3) is 84.0 Å². The number of para-hydroxylation sites is 1. The molecule has 6 aromatic carbocycles. The number of rotatable bonds is 6. The van der Waals surface area contributed by atoms with Crippen molar-refractivity contribution in [2.75, 3.05) is 0 Å². The van der Waals surface area contributed by atoms with Crippen LogP contribution >= 0.6 is 0 Å². The first-order chi connectivity index (χ1) is 24.7. The molecule has 0 spiro atoms. The van der Waals surface area contributed by atoms with Crippen LogP contribution in [-0.4, -0.2) is 24.5 Å². The third-order valence-corrected chi connectivity index (χ3v) is 9.27. The van der Waals surface area contributed by atoms with E-state index in [9.17, 15) is 0 Å². The third kappa shape index (κ3) is 5.22. The highest BCUT2D eigenvalue weighted by Gasteiger charge is 2.21. The van der Waals surface area contributed by atoms with Gasteiger partial charge in [-0.15, -0.1) is 0 Å². The van der Waals surface area contributed by atoms with Crippen LogP contribution in [0, 0.1) is 6.92 Å². The fraction of sp³-hybridized carbons (Fsp3) is 0.0222. The highest BCUT2D eigenvalue weighted by molar-refractivity contribution is 6.11. The van der Waals surface area contributed by atoms with Crippen molar-refractivity contribution in [1.82, 2.24) is 24.5 Å². The fourth-order valence-corrected chi connectivity index (χ4v) is 6.83. The van der Waals surface area contributed by atoms with Crippen LogP contribution in [0.15, 0.2) is 170 Å². The summed E-state index contributed by atoms with van der Waals surface area (Å²) in [6.07, 6.45) is 1.83. The van der Waals surface area contributed by atoms with Crippen molar-refractivity contribution in [2.24, 2.45) is 0 Å². The number of fused-ring (bicyclic) bond motifs is 3. The van der Waals surface area contributed by atoms with E-state index in [1.165, 1.54) is 27.5 Å². The molecule has 0 N–H and O–H groups in total. The molecule has 0 aliphatic rings. The lowest BCUT2D eigenvalue weighted by molar-refractivity contribution is 1.06. The van der Waals surface area contributed by atoms with Gasteiger partial charge in [0.1, 0.15) is 0 Å². The van der Waals surface area contributed by atoms with Gasteiger partial charge in [-0.3, -0.25) is 4.98 Å². The summed E-state index contributed by atoms with van der Waals surface area (Å²) >= 11 is 0. The Morgan fingerprint density at radius 1 is 0.420 bits per heavy atom. The minimum atomic E-state index is 0.591. The first-order valence-electron chi connectivity index (χ1n) is 16.7. The Morgan fingerprint density at radius 3 is 1.76 bits per heavy atom. The molecule has 0 bridgehead atoms. The highest BCUT2D eigenvalue weighted by atomic mass is 15.1. The Morgan fingerprint density at radius 2 is 1.04 bits per heavy atom. The molecule has 0 aliphatic heterocycles. The van der Waals surface area contributed by atoms with Gasteiger partial charge in [0, 0.05) is 39.2 Å². The van der Waals surface area contributed by atoms with Crippen LogP contribution < -0.4 is 0 Å². The van der Waals surface area contributed by atoms with Gasteiger partial charge in [-0.1, -0.05) is 121 Å². The zero-order chi connectivity index (χ0) is 33.4. The number of hydrogen-bond donors (Lipinski definition) is 0. The summed E-state index contributed by atoms with van der Waals surface area (Å²) in [5, 5.41) is 2.37. The molecule has 3 aromatic heterocycles. The largest absolute Gasteiger partial charge is 0.309 e. The van der Waals surface area contributed by atoms with E-state index in [4.69, 9.17) is 19.9 Å². The van der Waals surface area contributed by atoms with Gasteiger partial charge in [0.25, 0.3) is 0 Å². The Kier molecular flexibility index (Phi) is 7.29. The van der Waals surface area contributed by atoms with Crippen molar-refractivity contribution in [2.45, 2.75) is 6.92 Å². The molecule has 0 fully saturated rings. The predicted molar refractivity (Wildman–Crippen MR) is 204 cm³/mol. The van der Waals surface area contributed by atoms with Crippen molar-refractivity contribution in [3.63, 3.8) is 0 Å². The van der Waals surface area contributed by atoms with E-state index in [0.29, 0.717) is 17.5 Å². The number of hydrogen-bond acceptors (Lipinski definition) is 4. The Hall–Kier alpha value is -6.72. The van der Waals surface area contributed by atoms with E-state index in [-0.39, 0.29) is 0 Å². The summed E-state index contributed by atoms with van der Waals surface area (Å²) in [5.41, 5.74) is 11.5. The molecule has 0 unspecified atom stereocenters. The number of pyridine rings is 1. The molecule has 0 atom stereocenters. The zero-order valence-electron chi connectivity index (χ0n) is 27.4. The molecule has 3 heterocycles. The summed E-state index contributed by atoms with van der Waals surface area (Å²) in [7, 11) is 0. The minimum Gasteiger partial charge on any atom is -0.309 e. The Labute approximate surface area is 290 Å². The quantitative estimate of drug-likeness (QED) is 0.181. The maximum atomic E-state index is 5.17. The lowest BCUT2D eigenvalue weighted by Gasteiger charge is -2.16. The minimum absolute atomic E-state index is 0.591. The molecule has 50 heavy (non-hydrogen) atoms. The third-order valence-electron chi connectivity index (χ3n) is 9.27. The lowest BCUT2D eigenvalue weighted by atomic mass is 9.99. The van der Waals surface area contributed by atoms with Crippen molar-refractivity contribution in [3.8, 4) is 62.2 Å². The number of aromatic nitrogens is 5. The van der Waals surface area contributed by atoms with Crippen LogP contribution in [0.3, 0.4) is 0 Å². The van der Waals surface area contributed by atoms with E-state index in [1.807, 2.05) is 85.1 Å². The van der Waals surface area contributed by atoms with Gasteiger partial charge in [-0.2, -0.15) is 0 Å². The molecular weight excluding hydrogens is 611 g/mol. The normalized spacial score (nSPS) is 11.3. The molecule has 236 valence electrons. The van der Waals surface area contributed by atoms with Crippen molar-refractivity contribution < 1.29 is 0 Å². The molecular formula is C45H31N5. The Bertz CT molecular complexity index is 2590. The molecule has 5 heteroatoms. The average molecular weight is 642 g/mol. The predicted octanol–water partition coefficient (Wildman–Crippen LogP) is 11.0. The second-order valence-electron chi connectivity index (χ2n) is 12.4. The van der Waals surface area contributed by atoms with Crippen LogP contribution in [0.1, 0.15) is 5.56 Å². The molecule has 9 rings (SSSR count). The molecule has 0 saturated heterocycles. The standard InChI is InChI=1S/C45H31N5/c1-30-14-8-9-19-35(30)33-23-25-41-37(28-33)36-20-10-11-22-40(36)50(41)42-26-24-34(39-21-12-13-27-46-39)29-38(42)45-48-43(31-15-4-2-5-16-31)47-44(49-45)32-17-6-3-7-18-32/h2-29H,1H3. The second-order valence-corrected chi connectivity index (χ2v) is 12.4. The lowest BCUT2D eigenvalue weighted by Crippen LogP contribution is -2.04. The maximum Gasteiger partial charge on any atom is 0.166 e. The zero-order valence-corrected chi connectivity index (χ0v) is 27.4. The SMILES string of the molecule is Cc1ccccc1-c1ccc2c(c1)c1ccccc1n2-c1ccc(-c2ccccn2)cc1-c1nc(-c2ccccc2)nc(-c2ccccc2)n1. The van der Waals surface area contributed by atoms with Crippen LogP contribution in [-0.2, 0) is 0 Å². The van der Waals surface area contributed by atoms with Gasteiger partial charge in [0.15, 0.2) is 17.5 Å². The average Bonchev–Trinajstić information content (AvgIpc) is 3.52. The first-order valence-corrected chi connectivity index (χ1v) is 16.7. The molecule has 5 nitrogen and oxygen atoms in total. The van der Waals surface area contributed by atoms with Crippen molar-refractivity contribution >= 4 is 21.8 Å². The van der Waals surface area contributed by atoms with Gasteiger partial charge in [0.2, 0.25) is 0 Å². The molecule has 0 saturated carbocycles. The van der Waals surface area contributed by atoms with E-state index < -0.39 is 0 Å². The van der Waals surface area contributed by atoms with E-state index in [2.05, 4.69) is 96.4 Å².